The van der Waals surface area contributed by atoms with Gasteiger partial charge in [0.15, 0.2) is 0 Å². The molecule has 0 radical (unpaired) electrons. The third kappa shape index (κ3) is 5.83. The van der Waals surface area contributed by atoms with Gasteiger partial charge in [-0.1, -0.05) is 35.9 Å². The first kappa shape index (κ1) is 27.2. The first-order chi connectivity index (χ1) is 17.9. The van der Waals surface area contributed by atoms with Gasteiger partial charge in [0.1, 0.15) is 11.9 Å². The second-order valence-electron chi connectivity index (χ2n) is 8.54. The molecular weight excluding hydrogens is 546 g/mol. The van der Waals surface area contributed by atoms with Gasteiger partial charge in [0.2, 0.25) is 0 Å². The summed E-state index contributed by atoms with van der Waals surface area (Å²) >= 11 is 4.29. The molecule has 0 aromatic heterocycles. The maximum absolute atomic E-state index is 13.9. The summed E-state index contributed by atoms with van der Waals surface area (Å²) in [5.41, 5.74) is 2.24. The average molecular weight is 568 g/mol. The fourth-order valence-electron chi connectivity index (χ4n) is 3.57. The molecule has 4 rings (SSSR count). The Morgan fingerprint density at radius 3 is 1.97 bits per heavy atom. The molecule has 194 valence electrons. The van der Waals surface area contributed by atoms with Crippen molar-refractivity contribution < 1.29 is 21.2 Å². The van der Waals surface area contributed by atoms with E-state index >= 15 is 0 Å². The topological polar surface area (TPSA) is 116 Å². The van der Waals surface area contributed by atoms with Crippen LogP contribution in [0.4, 0.5) is 15.8 Å². The summed E-state index contributed by atoms with van der Waals surface area (Å²) in [6.07, 6.45) is 0. The van der Waals surface area contributed by atoms with E-state index < -0.39 is 25.9 Å². The van der Waals surface area contributed by atoms with Crippen molar-refractivity contribution in [1.29, 1.82) is 5.26 Å². The zero-order valence-electron chi connectivity index (χ0n) is 20.2. The highest BCUT2D eigenvalue weighted by Crippen LogP contribution is 2.33. The molecule has 0 amide bonds. The average Bonchev–Trinajstić information content (AvgIpc) is 2.87. The highest BCUT2D eigenvalue weighted by molar-refractivity contribution is 7.93. The van der Waals surface area contributed by atoms with Crippen LogP contribution in [0.2, 0.25) is 0 Å². The summed E-state index contributed by atoms with van der Waals surface area (Å²) in [5.74, 6) is -0.692. The number of sulfonamides is 2. The number of rotatable bonds is 7. The minimum Gasteiger partial charge on any atom is -0.277 e. The lowest BCUT2D eigenvalue weighted by molar-refractivity contribution is 0.598. The van der Waals surface area contributed by atoms with E-state index in [2.05, 4.69) is 22.1 Å². The Balaban J connectivity index is 1.81. The van der Waals surface area contributed by atoms with E-state index in [4.69, 9.17) is 0 Å². The maximum atomic E-state index is 13.9. The van der Waals surface area contributed by atoms with E-state index in [0.29, 0.717) is 16.0 Å². The Labute approximate surface area is 226 Å². The zero-order valence-corrected chi connectivity index (χ0v) is 22.8. The molecule has 2 N–H and O–H groups in total. The molecule has 0 saturated heterocycles. The van der Waals surface area contributed by atoms with Crippen LogP contribution in [0.5, 0.6) is 0 Å². The summed E-state index contributed by atoms with van der Waals surface area (Å²) in [5, 5.41) is 9.20. The van der Waals surface area contributed by atoms with Crippen molar-refractivity contribution in [1.82, 2.24) is 0 Å². The molecule has 0 spiro atoms. The number of anilines is 2. The predicted molar refractivity (Wildman–Crippen MR) is 148 cm³/mol. The zero-order chi connectivity index (χ0) is 27.7. The molecule has 4 aromatic carbocycles. The molecule has 7 nitrogen and oxygen atoms in total. The third-order valence-electron chi connectivity index (χ3n) is 5.75. The molecule has 0 atom stereocenters. The maximum Gasteiger partial charge on any atom is 0.262 e. The Morgan fingerprint density at radius 2 is 1.32 bits per heavy atom. The first-order valence-electron chi connectivity index (χ1n) is 11.2. The summed E-state index contributed by atoms with van der Waals surface area (Å²) in [6, 6.07) is 20.6. The van der Waals surface area contributed by atoms with Crippen molar-refractivity contribution >= 4 is 44.1 Å². The van der Waals surface area contributed by atoms with E-state index in [1.165, 1.54) is 54.6 Å². The molecule has 0 unspecified atom stereocenters. The van der Waals surface area contributed by atoms with Crippen LogP contribution in [-0.2, 0) is 20.0 Å². The number of aryl methyl sites for hydroxylation is 2. The minimum absolute atomic E-state index is 0.0193. The Morgan fingerprint density at radius 1 is 0.737 bits per heavy atom. The van der Waals surface area contributed by atoms with Gasteiger partial charge in [-0.3, -0.25) is 9.44 Å². The van der Waals surface area contributed by atoms with Crippen LogP contribution in [0, 0.1) is 31.0 Å². The summed E-state index contributed by atoms with van der Waals surface area (Å²) in [7, 11) is -8.23. The van der Waals surface area contributed by atoms with Gasteiger partial charge >= 0.3 is 0 Å². The van der Waals surface area contributed by atoms with Crippen molar-refractivity contribution in [2.24, 2.45) is 0 Å². The standard InChI is InChI=1S/C27H22FN3O4S3/c1-17-3-8-22(9-4-17)37(32,33)31-26-14-20(19-6-11-24(28)21(13-19)16-29)7-12-25(26)30-38(34,35)23-10-5-18(2)27(36)15-23/h3-15,30-31,36H,1-2H3. The molecule has 0 aliphatic carbocycles. The van der Waals surface area contributed by atoms with Crippen LogP contribution < -0.4 is 9.44 Å². The largest absolute Gasteiger partial charge is 0.277 e. The van der Waals surface area contributed by atoms with Gasteiger partial charge < -0.3 is 0 Å². The fraction of sp³-hybridized carbons (Fsp3) is 0.0741. The number of nitrogens with one attached hydrogen (secondary N) is 2. The number of halogens is 1. The van der Waals surface area contributed by atoms with Crippen LogP contribution in [0.3, 0.4) is 0 Å². The molecule has 0 heterocycles. The molecule has 0 saturated carbocycles. The second-order valence-corrected chi connectivity index (χ2v) is 12.4. The van der Waals surface area contributed by atoms with Crippen molar-refractivity contribution in [3.05, 3.63) is 101 Å². The highest BCUT2D eigenvalue weighted by atomic mass is 32.2. The lowest BCUT2D eigenvalue weighted by Gasteiger charge is -2.17. The second kappa shape index (κ2) is 10.5. The molecule has 0 fully saturated rings. The van der Waals surface area contributed by atoms with Crippen LogP contribution in [0.1, 0.15) is 16.7 Å². The smallest absolute Gasteiger partial charge is 0.262 e. The molecule has 0 bridgehead atoms. The van der Waals surface area contributed by atoms with E-state index in [1.54, 1.807) is 31.2 Å². The number of nitriles is 1. The Hall–Kier alpha value is -3.85. The van der Waals surface area contributed by atoms with Crippen molar-refractivity contribution in [2.45, 2.75) is 28.5 Å². The normalized spacial score (nSPS) is 11.6. The third-order valence-corrected chi connectivity index (χ3v) is 8.98. The first-order valence-corrected chi connectivity index (χ1v) is 14.6. The van der Waals surface area contributed by atoms with Gasteiger partial charge in [-0.2, -0.15) is 5.26 Å². The summed E-state index contributed by atoms with van der Waals surface area (Å²) < 4.78 is 71.5. The van der Waals surface area contributed by atoms with Gasteiger partial charge in [0.05, 0.1) is 26.7 Å². The van der Waals surface area contributed by atoms with Gasteiger partial charge in [-0.25, -0.2) is 21.2 Å². The van der Waals surface area contributed by atoms with Crippen LogP contribution >= 0.6 is 12.6 Å². The molecule has 4 aromatic rings. The van der Waals surface area contributed by atoms with Crippen molar-refractivity contribution in [2.75, 3.05) is 9.44 Å². The van der Waals surface area contributed by atoms with Crippen LogP contribution in [0.25, 0.3) is 11.1 Å². The van der Waals surface area contributed by atoms with E-state index in [1.807, 2.05) is 6.92 Å². The van der Waals surface area contributed by atoms with E-state index in [9.17, 15) is 26.5 Å². The van der Waals surface area contributed by atoms with Gasteiger partial charge in [-0.15, -0.1) is 12.6 Å². The highest BCUT2D eigenvalue weighted by Gasteiger charge is 2.21. The molecule has 11 heteroatoms. The van der Waals surface area contributed by atoms with Crippen LogP contribution in [-0.4, -0.2) is 16.8 Å². The monoisotopic (exact) mass is 567 g/mol. The SMILES string of the molecule is Cc1ccc(S(=O)(=O)Nc2cc(-c3ccc(F)c(C#N)c3)ccc2NS(=O)(=O)c2ccc(C)c(S)c2)cc1. The van der Waals surface area contributed by atoms with Crippen LogP contribution in [0.15, 0.2) is 93.5 Å². The lowest BCUT2D eigenvalue weighted by Crippen LogP contribution is -2.18. The van der Waals surface area contributed by atoms with E-state index in [0.717, 1.165) is 17.2 Å². The molecule has 0 aliphatic heterocycles. The number of thiol groups is 1. The summed E-state index contributed by atoms with van der Waals surface area (Å²) in [6.45, 7) is 3.61. The van der Waals surface area contributed by atoms with Gasteiger partial charge in [0, 0.05) is 4.90 Å². The van der Waals surface area contributed by atoms with Crippen molar-refractivity contribution in [3.63, 3.8) is 0 Å². The fourth-order valence-corrected chi connectivity index (χ4v) is 6.05. The summed E-state index contributed by atoms with van der Waals surface area (Å²) in [4.78, 5) is 0.406. The number of nitrogens with zero attached hydrogens (tertiary/aromatic N) is 1. The van der Waals surface area contributed by atoms with Gasteiger partial charge in [-0.05, 0) is 79.1 Å². The van der Waals surface area contributed by atoms with E-state index in [-0.39, 0.29) is 26.7 Å². The quantitative estimate of drug-likeness (QED) is 0.242. The number of hydrogen-bond donors (Lipinski definition) is 3. The van der Waals surface area contributed by atoms with Gasteiger partial charge in [0.25, 0.3) is 20.0 Å². The number of benzene rings is 4. The Bertz CT molecular complexity index is 1800. The Kier molecular flexibility index (Phi) is 7.51. The minimum atomic E-state index is -4.12. The van der Waals surface area contributed by atoms with Crippen molar-refractivity contribution in [3.8, 4) is 17.2 Å². The number of hydrogen-bond acceptors (Lipinski definition) is 6. The molecule has 38 heavy (non-hydrogen) atoms. The lowest BCUT2D eigenvalue weighted by atomic mass is 10.0. The molecule has 0 aliphatic rings. The molecular formula is C27H22FN3O4S3. The predicted octanol–water partition coefficient (Wildman–Crippen LogP) is 5.87.